The Morgan fingerprint density at radius 2 is 1.90 bits per heavy atom. The Morgan fingerprint density at radius 1 is 1.30 bits per heavy atom. The normalized spacial score (nSPS) is 26.4. The molecule has 1 aliphatic heterocycles. The highest BCUT2D eigenvalue weighted by Crippen LogP contribution is 2.28. The van der Waals surface area contributed by atoms with Crippen molar-refractivity contribution in [2.45, 2.75) is 38.1 Å². The molecule has 56 valence electrons. The maximum Gasteiger partial charge on any atom is 0.468 e. The summed E-state index contributed by atoms with van der Waals surface area (Å²) >= 11 is 0. The zero-order valence-corrected chi connectivity index (χ0v) is 5.88. The molecule has 1 amide bonds. The van der Waals surface area contributed by atoms with Gasteiger partial charge in [0, 0.05) is 0 Å². The lowest BCUT2D eigenvalue weighted by molar-refractivity contribution is 0.120. The molecular weight excluding hydrogens is 130 g/mol. The van der Waals surface area contributed by atoms with Gasteiger partial charge in [-0.2, -0.15) is 0 Å². The minimum Gasteiger partial charge on any atom is -0.313 e. The molecule has 2 rings (SSSR count). The molecule has 3 heteroatoms. The molecule has 0 unspecified atom stereocenters. The summed E-state index contributed by atoms with van der Waals surface area (Å²) in [4.78, 5) is 15.1. The van der Waals surface area contributed by atoms with Crippen LogP contribution < -0.4 is 0 Å². The fourth-order valence-corrected chi connectivity index (χ4v) is 1.60. The van der Waals surface area contributed by atoms with Crippen LogP contribution >= 0.6 is 0 Å². The first kappa shape index (κ1) is 6.01. The van der Waals surface area contributed by atoms with Gasteiger partial charge in [-0.1, -0.05) is 19.3 Å². The van der Waals surface area contributed by atoms with E-state index in [9.17, 15) is 4.79 Å². The number of nitrogens with zero attached hydrogens (tertiary/aromatic N) is 1. The highest BCUT2D eigenvalue weighted by Gasteiger charge is 2.41. The summed E-state index contributed by atoms with van der Waals surface area (Å²) in [5.74, 6) is 0. The van der Waals surface area contributed by atoms with Crippen molar-refractivity contribution < 1.29 is 9.63 Å². The summed E-state index contributed by atoms with van der Waals surface area (Å²) < 4.78 is 0. The quantitative estimate of drug-likeness (QED) is 0.520. The highest BCUT2D eigenvalue weighted by molar-refractivity contribution is 5.76. The molecule has 0 aromatic heterocycles. The van der Waals surface area contributed by atoms with Crippen LogP contribution in [0.2, 0.25) is 0 Å². The number of carbonyl (C=O) groups excluding carboxylic acids is 1. The number of carbonyl (C=O) groups is 1. The van der Waals surface area contributed by atoms with E-state index < -0.39 is 0 Å². The second-order valence-corrected chi connectivity index (χ2v) is 2.97. The lowest BCUT2D eigenvalue weighted by atomic mass is 9.96. The average Bonchev–Trinajstić information content (AvgIpc) is 2.69. The minimum absolute atomic E-state index is 0.132. The first-order valence-electron chi connectivity index (χ1n) is 3.89. The monoisotopic (exact) mass is 141 g/mol. The van der Waals surface area contributed by atoms with Crippen molar-refractivity contribution in [1.82, 2.24) is 5.06 Å². The van der Waals surface area contributed by atoms with Gasteiger partial charge < -0.3 is 4.84 Å². The average molecular weight is 141 g/mol. The van der Waals surface area contributed by atoms with Crippen LogP contribution in [-0.2, 0) is 4.84 Å². The fraction of sp³-hybridized carbons (Fsp3) is 0.857. The standard InChI is InChI=1S/C7H11NO2/c9-7-8(10-7)6-4-2-1-3-5-6/h6H,1-5H2. The summed E-state index contributed by atoms with van der Waals surface area (Å²) in [5.41, 5.74) is 0. The Bertz CT molecular complexity index is 152. The Morgan fingerprint density at radius 3 is 2.40 bits per heavy atom. The van der Waals surface area contributed by atoms with Gasteiger partial charge in [0.1, 0.15) is 0 Å². The number of hydroxylamine groups is 2. The van der Waals surface area contributed by atoms with Crippen LogP contribution in [0.25, 0.3) is 0 Å². The molecule has 0 spiro atoms. The lowest BCUT2D eigenvalue weighted by Crippen LogP contribution is -2.21. The van der Waals surface area contributed by atoms with Gasteiger partial charge in [0.15, 0.2) is 0 Å². The Hall–Kier alpha value is -0.730. The molecule has 0 bridgehead atoms. The van der Waals surface area contributed by atoms with Crippen molar-refractivity contribution >= 4 is 6.09 Å². The van der Waals surface area contributed by atoms with E-state index in [4.69, 9.17) is 0 Å². The first-order valence-corrected chi connectivity index (χ1v) is 3.89. The van der Waals surface area contributed by atoms with E-state index in [1.165, 1.54) is 24.3 Å². The van der Waals surface area contributed by atoms with Crippen molar-refractivity contribution in [3.63, 3.8) is 0 Å². The zero-order valence-electron chi connectivity index (χ0n) is 5.88. The van der Waals surface area contributed by atoms with Gasteiger partial charge in [0.2, 0.25) is 0 Å². The summed E-state index contributed by atoms with van der Waals surface area (Å²) in [6.07, 6.45) is 5.94. The SMILES string of the molecule is O=C1ON1C1CCCCC1. The predicted molar refractivity (Wildman–Crippen MR) is 35.2 cm³/mol. The molecule has 0 aromatic rings. The van der Waals surface area contributed by atoms with Crippen LogP contribution in [0.5, 0.6) is 0 Å². The third kappa shape index (κ3) is 0.958. The maximum atomic E-state index is 10.5. The zero-order chi connectivity index (χ0) is 6.97. The van der Waals surface area contributed by atoms with Gasteiger partial charge in [0.05, 0.1) is 6.04 Å². The van der Waals surface area contributed by atoms with Gasteiger partial charge in [-0.3, -0.25) is 0 Å². The third-order valence-corrected chi connectivity index (χ3v) is 2.23. The summed E-state index contributed by atoms with van der Waals surface area (Å²) in [5, 5.41) is 1.51. The Kier molecular flexibility index (Phi) is 1.29. The lowest BCUT2D eigenvalue weighted by Gasteiger charge is -2.18. The van der Waals surface area contributed by atoms with Crippen molar-refractivity contribution in [2.24, 2.45) is 0 Å². The smallest absolute Gasteiger partial charge is 0.313 e. The van der Waals surface area contributed by atoms with E-state index in [0.717, 1.165) is 12.8 Å². The Labute approximate surface area is 59.9 Å². The van der Waals surface area contributed by atoms with Crippen LogP contribution in [0.4, 0.5) is 4.79 Å². The number of hydrogen-bond donors (Lipinski definition) is 0. The molecule has 0 N–H and O–H groups in total. The van der Waals surface area contributed by atoms with E-state index in [1.807, 2.05) is 0 Å². The highest BCUT2D eigenvalue weighted by atomic mass is 16.9. The molecule has 1 aliphatic carbocycles. The maximum absolute atomic E-state index is 10.5. The summed E-state index contributed by atoms with van der Waals surface area (Å²) in [6, 6.07) is 0.404. The van der Waals surface area contributed by atoms with Gasteiger partial charge in [-0.05, 0) is 12.8 Å². The summed E-state index contributed by atoms with van der Waals surface area (Å²) in [7, 11) is 0. The van der Waals surface area contributed by atoms with Crippen LogP contribution in [0.1, 0.15) is 32.1 Å². The molecule has 1 heterocycles. The van der Waals surface area contributed by atoms with E-state index in [0.29, 0.717) is 6.04 Å². The van der Waals surface area contributed by atoms with Gasteiger partial charge in [-0.25, -0.2) is 4.79 Å². The molecule has 10 heavy (non-hydrogen) atoms. The Balaban J connectivity index is 1.86. The van der Waals surface area contributed by atoms with E-state index in [2.05, 4.69) is 4.84 Å². The van der Waals surface area contributed by atoms with Gasteiger partial charge in [-0.15, -0.1) is 5.06 Å². The molecule has 2 aliphatic rings. The van der Waals surface area contributed by atoms with E-state index in [1.54, 1.807) is 0 Å². The number of amides is 1. The first-order chi connectivity index (χ1) is 4.88. The van der Waals surface area contributed by atoms with Crippen molar-refractivity contribution in [1.29, 1.82) is 0 Å². The van der Waals surface area contributed by atoms with Crippen molar-refractivity contribution in [2.75, 3.05) is 0 Å². The molecule has 2 fully saturated rings. The van der Waals surface area contributed by atoms with Crippen molar-refractivity contribution in [3.05, 3.63) is 0 Å². The van der Waals surface area contributed by atoms with Crippen molar-refractivity contribution in [3.8, 4) is 0 Å². The summed E-state index contributed by atoms with van der Waals surface area (Å²) in [6.45, 7) is 0. The van der Waals surface area contributed by atoms with Crippen LogP contribution in [0, 0.1) is 0 Å². The molecule has 0 atom stereocenters. The molecule has 1 saturated heterocycles. The molecule has 0 aromatic carbocycles. The van der Waals surface area contributed by atoms with E-state index >= 15 is 0 Å². The van der Waals surface area contributed by atoms with Gasteiger partial charge >= 0.3 is 6.09 Å². The topological polar surface area (TPSA) is 32.6 Å². The minimum atomic E-state index is -0.132. The molecular formula is C7H11NO2. The largest absolute Gasteiger partial charge is 0.468 e. The second kappa shape index (κ2) is 2.15. The molecule has 3 nitrogen and oxygen atoms in total. The van der Waals surface area contributed by atoms with Crippen LogP contribution in [0.3, 0.4) is 0 Å². The van der Waals surface area contributed by atoms with Crippen LogP contribution in [-0.4, -0.2) is 17.2 Å². The fourth-order valence-electron chi connectivity index (χ4n) is 1.60. The molecule has 0 radical (unpaired) electrons. The second-order valence-electron chi connectivity index (χ2n) is 2.97. The third-order valence-electron chi connectivity index (χ3n) is 2.23. The van der Waals surface area contributed by atoms with Crippen LogP contribution in [0.15, 0.2) is 0 Å². The number of hydrogen-bond acceptors (Lipinski definition) is 2. The molecule has 1 saturated carbocycles. The van der Waals surface area contributed by atoms with E-state index in [-0.39, 0.29) is 6.09 Å². The van der Waals surface area contributed by atoms with Gasteiger partial charge in [0.25, 0.3) is 0 Å². The predicted octanol–water partition coefficient (Wildman–Crippen LogP) is 1.69. The number of rotatable bonds is 1.